The van der Waals surface area contributed by atoms with Crippen molar-refractivity contribution in [3.63, 3.8) is 0 Å². The van der Waals surface area contributed by atoms with E-state index in [4.69, 9.17) is 5.11 Å². The molecule has 2 aliphatic rings. The van der Waals surface area contributed by atoms with E-state index in [0.29, 0.717) is 12.5 Å². The van der Waals surface area contributed by atoms with Gasteiger partial charge >= 0.3 is 12.0 Å². The van der Waals surface area contributed by atoms with E-state index in [1.807, 2.05) is 6.92 Å². The highest BCUT2D eigenvalue weighted by Gasteiger charge is 2.32. The van der Waals surface area contributed by atoms with Crippen LogP contribution in [0, 0.1) is 0 Å². The van der Waals surface area contributed by atoms with Crippen molar-refractivity contribution in [1.82, 2.24) is 15.5 Å². The van der Waals surface area contributed by atoms with Gasteiger partial charge in [-0.3, -0.25) is 0 Å². The van der Waals surface area contributed by atoms with Gasteiger partial charge in [-0.05, 0) is 38.6 Å². The van der Waals surface area contributed by atoms with Crippen LogP contribution < -0.4 is 10.6 Å². The molecule has 2 unspecified atom stereocenters. The summed E-state index contributed by atoms with van der Waals surface area (Å²) >= 11 is 0. The molecule has 2 rings (SSSR count). The minimum atomic E-state index is -0.965. The fraction of sp³-hybridized carbons (Fsp3) is 0.857. The summed E-state index contributed by atoms with van der Waals surface area (Å²) in [6.07, 6.45) is 5.60. The maximum Gasteiger partial charge on any atom is 0.326 e. The van der Waals surface area contributed by atoms with Crippen molar-refractivity contribution in [1.29, 1.82) is 0 Å². The molecule has 3 atom stereocenters. The molecule has 0 radical (unpaired) electrons. The second-order valence-corrected chi connectivity index (χ2v) is 5.85. The van der Waals surface area contributed by atoms with Crippen LogP contribution in [-0.4, -0.2) is 53.2 Å². The number of carbonyl (C=O) groups is 2. The van der Waals surface area contributed by atoms with Crippen molar-refractivity contribution in [2.24, 2.45) is 0 Å². The maximum atomic E-state index is 11.9. The number of nitrogens with zero attached hydrogens (tertiary/aromatic N) is 1. The maximum absolute atomic E-state index is 11.9. The van der Waals surface area contributed by atoms with Gasteiger partial charge in [-0.1, -0.05) is 13.3 Å². The van der Waals surface area contributed by atoms with E-state index in [0.717, 1.165) is 25.8 Å². The van der Waals surface area contributed by atoms with Crippen LogP contribution in [0.2, 0.25) is 0 Å². The van der Waals surface area contributed by atoms with Crippen molar-refractivity contribution >= 4 is 12.0 Å². The summed E-state index contributed by atoms with van der Waals surface area (Å²) in [5.41, 5.74) is 0. The van der Waals surface area contributed by atoms with Crippen LogP contribution in [0.25, 0.3) is 0 Å². The lowest BCUT2D eigenvalue weighted by Gasteiger charge is -2.35. The molecule has 2 aliphatic heterocycles. The molecule has 2 saturated heterocycles. The molecule has 0 aliphatic carbocycles. The van der Waals surface area contributed by atoms with Gasteiger partial charge in [0.15, 0.2) is 0 Å². The van der Waals surface area contributed by atoms with Gasteiger partial charge in [-0.2, -0.15) is 0 Å². The molecule has 0 saturated carbocycles. The molecule has 6 nitrogen and oxygen atoms in total. The van der Waals surface area contributed by atoms with Crippen LogP contribution in [0.3, 0.4) is 0 Å². The third kappa shape index (κ3) is 3.85. The second-order valence-electron chi connectivity index (χ2n) is 5.85. The number of carbonyl (C=O) groups excluding carboxylic acids is 1. The zero-order valence-corrected chi connectivity index (χ0v) is 12.1. The van der Waals surface area contributed by atoms with Gasteiger partial charge in [-0.15, -0.1) is 0 Å². The van der Waals surface area contributed by atoms with Crippen LogP contribution in [0.15, 0.2) is 0 Å². The zero-order valence-electron chi connectivity index (χ0n) is 12.1. The molecule has 0 aromatic heterocycles. The Morgan fingerprint density at radius 3 is 2.85 bits per heavy atom. The first kappa shape index (κ1) is 15.1. The standard InChI is InChI=1S/C14H25N3O3/c1-2-4-12(13(18)19)16-14(20)15-10-6-8-17-7-3-5-11(17)9-10/h10-12H,2-9H2,1H3,(H,18,19)(H2,15,16,20)/t10?,11?,12-/m1/s1. The molecule has 3 N–H and O–H groups in total. The van der Waals surface area contributed by atoms with E-state index < -0.39 is 12.0 Å². The number of urea groups is 1. The quantitative estimate of drug-likeness (QED) is 0.707. The van der Waals surface area contributed by atoms with Crippen molar-refractivity contribution in [3.8, 4) is 0 Å². The Hall–Kier alpha value is -1.30. The molecule has 6 heteroatoms. The highest BCUT2D eigenvalue weighted by molar-refractivity contribution is 5.82. The number of fused-ring (bicyclic) bond motifs is 1. The Balaban J connectivity index is 1.77. The summed E-state index contributed by atoms with van der Waals surface area (Å²) in [5.74, 6) is -0.965. The monoisotopic (exact) mass is 283 g/mol. The van der Waals surface area contributed by atoms with E-state index in [9.17, 15) is 9.59 Å². The molecule has 0 spiro atoms. The van der Waals surface area contributed by atoms with Crippen molar-refractivity contribution in [3.05, 3.63) is 0 Å². The van der Waals surface area contributed by atoms with Gasteiger partial charge in [0.2, 0.25) is 0 Å². The van der Waals surface area contributed by atoms with Gasteiger partial charge < -0.3 is 20.6 Å². The highest BCUT2D eigenvalue weighted by Crippen LogP contribution is 2.26. The number of hydrogen-bond donors (Lipinski definition) is 3. The molecule has 2 heterocycles. The summed E-state index contributed by atoms with van der Waals surface area (Å²) in [6, 6.07) is -0.362. The van der Waals surface area contributed by atoms with Gasteiger partial charge in [0, 0.05) is 18.6 Å². The van der Waals surface area contributed by atoms with E-state index in [2.05, 4.69) is 15.5 Å². The lowest BCUT2D eigenvalue weighted by molar-refractivity contribution is -0.139. The summed E-state index contributed by atoms with van der Waals surface area (Å²) < 4.78 is 0. The third-order valence-corrected chi connectivity index (χ3v) is 4.34. The number of piperidine rings is 1. The Bertz CT molecular complexity index is 362. The summed E-state index contributed by atoms with van der Waals surface area (Å²) in [5, 5.41) is 14.5. The summed E-state index contributed by atoms with van der Waals surface area (Å²) in [7, 11) is 0. The molecule has 0 bridgehead atoms. The lowest BCUT2D eigenvalue weighted by Crippen LogP contribution is -2.52. The molecule has 2 fully saturated rings. The third-order valence-electron chi connectivity index (χ3n) is 4.34. The van der Waals surface area contributed by atoms with E-state index in [-0.39, 0.29) is 12.1 Å². The fourth-order valence-electron chi connectivity index (χ4n) is 3.29. The Labute approximate surface area is 119 Å². The SMILES string of the molecule is CCC[C@@H](NC(=O)NC1CCN2CCCC2C1)C(=O)O. The number of aliphatic carboxylic acids is 1. The van der Waals surface area contributed by atoms with Crippen molar-refractivity contribution in [2.45, 2.75) is 63.6 Å². The topological polar surface area (TPSA) is 81.7 Å². The first-order valence-electron chi connectivity index (χ1n) is 7.64. The predicted octanol–water partition coefficient (Wildman–Crippen LogP) is 1.17. The Morgan fingerprint density at radius 2 is 2.15 bits per heavy atom. The highest BCUT2D eigenvalue weighted by atomic mass is 16.4. The number of nitrogens with one attached hydrogen (secondary N) is 2. The summed E-state index contributed by atoms with van der Waals surface area (Å²) in [4.78, 5) is 25.4. The van der Waals surface area contributed by atoms with E-state index >= 15 is 0 Å². The van der Waals surface area contributed by atoms with Gasteiger partial charge in [0.1, 0.15) is 6.04 Å². The zero-order chi connectivity index (χ0) is 14.5. The van der Waals surface area contributed by atoms with Gasteiger partial charge in [0.05, 0.1) is 0 Å². The smallest absolute Gasteiger partial charge is 0.326 e. The van der Waals surface area contributed by atoms with Crippen LogP contribution >= 0.6 is 0 Å². The Morgan fingerprint density at radius 1 is 1.35 bits per heavy atom. The minimum Gasteiger partial charge on any atom is -0.480 e. The van der Waals surface area contributed by atoms with Gasteiger partial charge in [0.25, 0.3) is 0 Å². The number of rotatable bonds is 5. The average Bonchev–Trinajstić information content (AvgIpc) is 2.85. The lowest BCUT2D eigenvalue weighted by atomic mass is 9.98. The molecular weight excluding hydrogens is 258 g/mol. The van der Waals surface area contributed by atoms with Crippen LogP contribution in [-0.2, 0) is 4.79 Å². The van der Waals surface area contributed by atoms with Crippen LogP contribution in [0.1, 0.15) is 45.4 Å². The Kier molecular flexibility index (Phi) is 5.23. The number of carboxylic acid groups (broad SMARTS) is 1. The van der Waals surface area contributed by atoms with E-state index in [1.54, 1.807) is 0 Å². The number of hydrogen-bond acceptors (Lipinski definition) is 3. The van der Waals surface area contributed by atoms with Crippen molar-refractivity contribution < 1.29 is 14.7 Å². The molecular formula is C14H25N3O3. The normalized spacial score (nSPS) is 27.6. The molecule has 2 amide bonds. The van der Waals surface area contributed by atoms with Crippen molar-refractivity contribution in [2.75, 3.05) is 13.1 Å². The van der Waals surface area contributed by atoms with Crippen LogP contribution in [0.5, 0.6) is 0 Å². The minimum absolute atomic E-state index is 0.172. The van der Waals surface area contributed by atoms with E-state index in [1.165, 1.54) is 19.4 Å². The van der Waals surface area contributed by atoms with Gasteiger partial charge in [-0.25, -0.2) is 9.59 Å². The molecule has 20 heavy (non-hydrogen) atoms. The second kappa shape index (κ2) is 6.92. The molecule has 0 aromatic carbocycles. The number of amides is 2. The number of carboxylic acids is 1. The first-order chi connectivity index (χ1) is 9.60. The fourth-order valence-corrected chi connectivity index (χ4v) is 3.29. The van der Waals surface area contributed by atoms with Crippen LogP contribution in [0.4, 0.5) is 4.79 Å². The average molecular weight is 283 g/mol. The molecule has 114 valence electrons. The summed E-state index contributed by atoms with van der Waals surface area (Å²) in [6.45, 7) is 4.12. The first-order valence-corrected chi connectivity index (χ1v) is 7.64. The molecule has 0 aromatic rings. The predicted molar refractivity (Wildman–Crippen MR) is 75.6 cm³/mol. The largest absolute Gasteiger partial charge is 0.480 e.